The Bertz CT molecular complexity index is 374. The van der Waals surface area contributed by atoms with Crippen LogP contribution in [0.15, 0.2) is 30.3 Å². The molecule has 0 unspecified atom stereocenters. The minimum atomic E-state index is -1.12. The fourth-order valence-corrected chi connectivity index (χ4v) is 2.44. The molecule has 0 radical (unpaired) electrons. The standard InChI is InChI=1S/C13H20N2O3/c14-6-10-12(17)13(18)11(16)8-15(10)7-9-4-2-1-3-5-9/h1-5,10-13,16-18H,6-8,14H2/t10-,11+,12+,13+/m0/s1. The Morgan fingerprint density at radius 2 is 1.78 bits per heavy atom. The minimum Gasteiger partial charge on any atom is -0.389 e. The average Bonchev–Trinajstić information content (AvgIpc) is 2.38. The zero-order valence-corrected chi connectivity index (χ0v) is 10.2. The van der Waals surface area contributed by atoms with Crippen LogP contribution >= 0.6 is 0 Å². The Morgan fingerprint density at radius 1 is 1.11 bits per heavy atom. The van der Waals surface area contributed by atoms with Gasteiger partial charge in [-0.1, -0.05) is 30.3 Å². The lowest BCUT2D eigenvalue weighted by molar-refractivity contribution is -0.136. The third kappa shape index (κ3) is 2.71. The van der Waals surface area contributed by atoms with E-state index >= 15 is 0 Å². The number of nitrogens with zero attached hydrogens (tertiary/aromatic N) is 1. The Balaban J connectivity index is 2.10. The highest BCUT2D eigenvalue weighted by Gasteiger charge is 2.40. The molecule has 5 heteroatoms. The summed E-state index contributed by atoms with van der Waals surface area (Å²) in [6.45, 7) is 1.16. The summed E-state index contributed by atoms with van der Waals surface area (Å²) in [5.41, 5.74) is 6.74. The molecule has 1 aromatic rings. The number of β-amino-alcohol motifs (C(OH)–C–C–N with tert-alkyl or cyclic N) is 1. The van der Waals surface area contributed by atoms with Gasteiger partial charge in [-0.2, -0.15) is 0 Å². The molecule has 0 aromatic heterocycles. The Morgan fingerprint density at radius 3 is 2.39 bits per heavy atom. The highest BCUT2D eigenvalue weighted by atomic mass is 16.4. The third-order valence-electron chi connectivity index (χ3n) is 3.50. The topological polar surface area (TPSA) is 90.0 Å². The Labute approximate surface area is 106 Å². The average molecular weight is 252 g/mol. The molecule has 5 nitrogen and oxygen atoms in total. The number of aliphatic hydroxyl groups excluding tert-OH is 3. The highest BCUT2D eigenvalue weighted by Crippen LogP contribution is 2.20. The molecular weight excluding hydrogens is 232 g/mol. The largest absolute Gasteiger partial charge is 0.389 e. The molecule has 1 aliphatic heterocycles. The fourth-order valence-electron chi connectivity index (χ4n) is 2.44. The summed E-state index contributed by atoms with van der Waals surface area (Å²) in [4.78, 5) is 1.91. The van der Waals surface area contributed by atoms with E-state index in [1.54, 1.807) is 0 Å². The number of rotatable bonds is 3. The second-order valence-electron chi connectivity index (χ2n) is 4.77. The van der Waals surface area contributed by atoms with Crippen molar-refractivity contribution >= 4 is 0 Å². The van der Waals surface area contributed by atoms with E-state index in [4.69, 9.17) is 5.73 Å². The maximum Gasteiger partial charge on any atom is 0.109 e. The molecule has 0 spiro atoms. The maximum absolute atomic E-state index is 9.92. The van der Waals surface area contributed by atoms with Crippen molar-refractivity contribution in [2.24, 2.45) is 5.73 Å². The monoisotopic (exact) mass is 252 g/mol. The van der Waals surface area contributed by atoms with Gasteiger partial charge in [0.1, 0.15) is 6.10 Å². The molecule has 0 bridgehead atoms. The van der Waals surface area contributed by atoms with Gasteiger partial charge in [-0.3, -0.25) is 4.90 Å². The summed E-state index contributed by atoms with van der Waals surface area (Å²) in [7, 11) is 0. The molecule has 0 amide bonds. The van der Waals surface area contributed by atoms with Gasteiger partial charge in [-0.15, -0.1) is 0 Å². The lowest BCUT2D eigenvalue weighted by Gasteiger charge is -2.43. The summed E-state index contributed by atoms with van der Waals surface area (Å²) in [6.07, 6.45) is -3.07. The van der Waals surface area contributed by atoms with Crippen molar-refractivity contribution < 1.29 is 15.3 Å². The third-order valence-corrected chi connectivity index (χ3v) is 3.50. The molecule has 5 N–H and O–H groups in total. The van der Waals surface area contributed by atoms with Gasteiger partial charge in [-0.05, 0) is 5.56 Å². The van der Waals surface area contributed by atoms with Crippen LogP contribution in [0.4, 0.5) is 0 Å². The van der Waals surface area contributed by atoms with Crippen LogP contribution in [0.5, 0.6) is 0 Å². The van der Waals surface area contributed by atoms with Crippen LogP contribution in [0.3, 0.4) is 0 Å². The first-order valence-electron chi connectivity index (χ1n) is 6.15. The van der Waals surface area contributed by atoms with Gasteiger partial charge in [0.15, 0.2) is 0 Å². The molecule has 4 atom stereocenters. The number of hydrogen-bond acceptors (Lipinski definition) is 5. The van der Waals surface area contributed by atoms with E-state index in [-0.39, 0.29) is 12.6 Å². The molecular formula is C13H20N2O3. The zero-order chi connectivity index (χ0) is 13.1. The van der Waals surface area contributed by atoms with Crippen LogP contribution in [0.1, 0.15) is 5.56 Å². The van der Waals surface area contributed by atoms with Crippen LogP contribution < -0.4 is 5.73 Å². The number of benzene rings is 1. The number of aliphatic hydroxyl groups is 3. The van der Waals surface area contributed by atoms with E-state index in [2.05, 4.69) is 0 Å². The first kappa shape index (κ1) is 13.5. The van der Waals surface area contributed by atoms with Crippen LogP contribution in [0.25, 0.3) is 0 Å². The maximum atomic E-state index is 9.92. The van der Waals surface area contributed by atoms with Crippen molar-refractivity contribution in [2.75, 3.05) is 13.1 Å². The summed E-state index contributed by atoms with van der Waals surface area (Å²) >= 11 is 0. The molecule has 0 saturated carbocycles. The molecule has 0 aliphatic carbocycles. The van der Waals surface area contributed by atoms with Gasteiger partial charge in [0.05, 0.1) is 18.2 Å². The molecule has 2 rings (SSSR count). The van der Waals surface area contributed by atoms with E-state index in [1.165, 1.54) is 0 Å². The van der Waals surface area contributed by atoms with Crippen LogP contribution in [-0.2, 0) is 6.54 Å². The van der Waals surface area contributed by atoms with Crippen molar-refractivity contribution in [1.82, 2.24) is 4.90 Å². The van der Waals surface area contributed by atoms with Crippen molar-refractivity contribution in [2.45, 2.75) is 30.9 Å². The van der Waals surface area contributed by atoms with E-state index in [0.717, 1.165) is 5.56 Å². The summed E-state index contributed by atoms with van der Waals surface area (Å²) in [6, 6.07) is 9.46. The summed E-state index contributed by atoms with van der Waals surface area (Å²) in [5, 5.41) is 29.3. The van der Waals surface area contributed by atoms with Crippen molar-refractivity contribution in [3.8, 4) is 0 Å². The predicted octanol–water partition coefficient (Wildman–Crippen LogP) is -1.09. The van der Waals surface area contributed by atoms with Gasteiger partial charge in [-0.25, -0.2) is 0 Å². The SMILES string of the molecule is NC[C@H]1[C@@H](O)[C@H](O)[C@H](O)CN1Cc1ccccc1. The predicted molar refractivity (Wildman–Crippen MR) is 67.7 cm³/mol. The van der Waals surface area contributed by atoms with Crippen LogP contribution in [0, 0.1) is 0 Å². The van der Waals surface area contributed by atoms with Gasteiger partial charge >= 0.3 is 0 Å². The molecule has 1 heterocycles. The van der Waals surface area contributed by atoms with Crippen LogP contribution in [0.2, 0.25) is 0 Å². The first-order valence-corrected chi connectivity index (χ1v) is 6.15. The summed E-state index contributed by atoms with van der Waals surface area (Å²) < 4.78 is 0. The molecule has 18 heavy (non-hydrogen) atoms. The second-order valence-corrected chi connectivity index (χ2v) is 4.77. The van der Waals surface area contributed by atoms with Crippen molar-refractivity contribution in [3.05, 3.63) is 35.9 Å². The number of hydrogen-bond donors (Lipinski definition) is 4. The van der Waals surface area contributed by atoms with E-state index in [9.17, 15) is 15.3 Å². The minimum absolute atomic E-state index is 0.248. The van der Waals surface area contributed by atoms with Gasteiger partial charge in [0.2, 0.25) is 0 Å². The van der Waals surface area contributed by atoms with Gasteiger partial charge in [0, 0.05) is 19.6 Å². The quantitative estimate of drug-likeness (QED) is 0.549. The molecule has 1 aliphatic rings. The van der Waals surface area contributed by atoms with E-state index in [1.807, 2.05) is 35.2 Å². The lowest BCUT2D eigenvalue weighted by Crippen LogP contribution is -2.63. The zero-order valence-electron chi connectivity index (χ0n) is 10.2. The molecule has 1 aromatic carbocycles. The van der Waals surface area contributed by atoms with Crippen molar-refractivity contribution in [3.63, 3.8) is 0 Å². The van der Waals surface area contributed by atoms with E-state index < -0.39 is 18.3 Å². The van der Waals surface area contributed by atoms with Crippen molar-refractivity contribution in [1.29, 1.82) is 0 Å². The first-order chi connectivity index (χ1) is 8.63. The number of nitrogens with two attached hydrogens (primary N) is 1. The van der Waals surface area contributed by atoms with Crippen LogP contribution in [-0.4, -0.2) is 57.7 Å². The Hall–Kier alpha value is -0.980. The number of likely N-dealkylation sites (tertiary alicyclic amines) is 1. The van der Waals surface area contributed by atoms with Gasteiger partial charge < -0.3 is 21.1 Å². The van der Waals surface area contributed by atoms with E-state index in [0.29, 0.717) is 13.1 Å². The second kappa shape index (κ2) is 5.77. The Kier molecular flexibility index (Phi) is 4.31. The molecule has 1 saturated heterocycles. The number of piperidine rings is 1. The highest BCUT2D eigenvalue weighted by molar-refractivity contribution is 5.15. The normalized spacial score (nSPS) is 33.6. The fraction of sp³-hybridized carbons (Fsp3) is 0.538. The molecule has 100 valence electrons. The van der Waals surface area contributed by atoms with Gasteiger partial charge in [0.25, 0.3) is 0 Å². The summed E-state index contributed by atoms with van der Waals surface area (Å²) in [5.74, 6) is 0. The smallest absolute Gasteiger partial charge is 0.109 e. The lowest BCUT2D eigenvalue weighted by atomic mass is 9.93. The molecule has 1 fully saturated rings.